The van der Waals surface area contributed by atoms with Gasteiger partial charge in [0.15, 0.2) is 0 Å². The number of piperazine rings is 1. The molecule has 1 atom stereocenters. The van der Waals surface area contributed by atoms with Crippen molar-refractivity contribution in [2.75, 3.05) is 45.8 Å². The van der Waals surface area contributed by atoms with E-state index in [1.807, 2.05) is 4.90 Å². The maximum Gasteiger partial charge on any atom is 0.209 e. The van der Waals surface area contributed by atoms with Crippen LogP contribution in [0.5, 0.6) is 0 Å². The van der Waals surface area contributed by atoms with Gasteiger partial charge in [-0.2, -0.15) is 0 Å². The molecule has 1 unspecified atom stereocenters. The Kier molecular flexibility index (Phi) is 4.60. The molecule has 2 saturated heterocycles. The SMILES string of the molecule is O=CN1CCCC(CCN2CCNCC2)C1. The molecular weight excluding hydrogens is 202 g/mol. The van der Waals surface area contributed by atoms with Gasteiger partial charge >= 0.3 is 0 Å². The molecule has 0 aromatic heterocycles. The summed E-state index contributed by atoms with van der Waals surface area (Å²) in [5, 5.41) is 3.37. The molecule has 0 saturated carbocycles. The minimum absolute atomic E-state index is 0.730. The molecule has 0 aliphatic carbocycles. The number of piperidine rings is 1. The Morgan fingerprint density at radius 2 is 2.06 bits per heavy atom. The van der Waals surface area contributed by atoms with Crippen molar-refractivity contribution in [2.24, 2.45) is 5.92 Å². The number of hydrogen-bond acceptors (Lipinski definition) is 3. The molecule has 1 amide bonds. The molecule has 0 spiro atoms. The zero-order valence-corrected chi connectivity index (χ0v) is 10.0. The van der Waals surface area contributed by atoms with Gasteiger partial charge < -0.3 is 15.1 Å². The van der Waals surface area contributed by atoms with Gasteiger partial charge in [-0.05, 0) is 31.7 Å². The summed E-state index contributed by atoms with van der Waals surface area (Å²) in [7, 11) is 0. The Morgan fingerprint density at radius 1 is 1.25 bits per heavy atom. The fraction of sp³-hybridized carbons (Fsp3) is 0.917. The van der Waals surface area contributed by atoms with Gasteiger partial charge in [0.05, 0.1) is 0 Å². The van der Waals surface area contributed by atoms with Gasteiger partial charge in [-0.15, -0.1) is 0 Å². The highest BCUT2D eigenvalue weighted by atomic mass is 16.1. The van der Waals surface area contributed by atoms with Crippen molar-refractivity contribution in [2.45, 2.75) is 19.3 Å². The van der Waals surface area contributed by atoms with E-state index in [1.54, 1.807) is 0 Å². The minimum atomic E-state index is 0.730. The number of hydrogen-bond donors (Lipinski definition) is 1. The number of nitrogens with zero attached hydrogens (tertiary/aromatic N) is 2. The minimum Gasteiger partial charge on any atom is -0.345 e. The van der Waals surface area contributed by atoms with Crippen LogP contribution in [0.1, 0.15) is 19.3 Å². The Balaban J connectivity index is 1.66. The second-order valence-electron chi connectivity index (χ2n) is 4.99. The van der Waals surface area contributed by atoms with Gasteiger partial charge in [0.1, 0.15) is 0 Å². The Morgan fingerprint density at radius 3 is 2.81 bits per heavy atom. The lowest BCUT2D eigenvalue weighted by Gasteiger charge is -2.33. The number of carbonyl (C=O) groups is 1. The van der Waals surface area contributed by atoms with E-state index in [2.05, 4.69) is 10.2 Å². The van der Waals surface area contributed by atoms with Crippen LogP contribution in [0.3, 0.4) is 0 Å². The van der Waals surface area contributed by atoms with Crippen molar-refractivity contribution >= 4 is 6.41 Å². The predicted molar refractivity (Wildman–Crippen MR) is 64.3 cm³/mol. The zero-order chi connectivity index (χ0) is 11.2. The van der Waals surface area contributed by atoms with E-state index < -0.39 is 0 Å². The first kappa shape index (κ1) is 11.9. The smallest absolute Gasteiger partial charge is 0.209 e. The molecule has 4 heteroatoms. The Bertz CT molecular complexity index is 216. The van der Waals surface area contributed by atoms with Crippen molar-refractivity contribution in [1.29, 1.82) is 0 Å². The number of rotatable bonds is 4. The van der Waals surface area contributed by atoms with Crippen LogP contribution < -0.4 is 5.32 Å². The average Bonchev–Trinajstić information content (AvgIpc) is 2.38. The van der Waals surface area contributed by atoms with E-state index in [1.165, 1.54) is 38.9 Å². The van der Waals surface area contributed by atoms with Crippen LogP contribution in [0.2, 0.25) is 0 Å². The summed E-state index contributed by atoms with van der Waals surface area (Å²) >= 11 is 0. The van der Waals surface area contributed by atoms with E-state index in [4.69, 9.17) is 0 Å². The highest BCUT2D eigenvalue weighted by Crippen LogP contribution is 2.18. The molecule has 0 radical (unpaired) electrons. The van der Waals surface area contributed by atoms with Gasteiger partial charge in [-0.3, -0.25) is 4.79 Å². The highest BCUT2D eigenvalue weighted by molar-refractivity contribution is 5.47. The normalized spacial score (nSPS) is 28.0. The quantitative estimate of drug-likeness (QED) is 0.692. The van der Waals surface area contributed by atoms with Crippen LogP contribution >= 0.6 is 0 Å². The van der Waals surface area contributed by atoms with Gasteiger partial charge in [-0.25, -0.2) is 0 Å². The third kappa shape index (κ3) is 3.46. The van der Waals surface area contributed by atoms with E-state index in [-0.39, 0.29) is 0 Å². The number of nitrogens with one attached hydrogen (secondary N) is 1. The molecule has 1 N–H and O–H groups in total. The van der Waals surface area contributed by atoms with Gasteiger partial charge in [0, 0.05) is 39.3 Å². The largest absolute Gasteiger partial charge is 0.345 e. The molecule has 0 aromatic carbocycles. The molecule has 2 aliphatic heterocycles. The van der Waals surface area contributed by atoms with Gasteiger partial charge in [0.25, 0.3) is 0 Å². The fourth-order valence-electron chi connectivity index (χ4n) is 2.73. The molecule has 0 aromatic rings. The summed E-state index contributed by atoms with van der Waals surface area (Å²) in [6, 6.07) is 0. The Hall–Kier alpha value is -0.610. The van der Waals surface area contributed by atoms with E-state index in [9.17, 15) is 4.79 Å². The molecule has 2 heterocycles. The second-order valence-corrected chi connectivity index (χ2v) is 4.99. The van der Waals surface area contributed by atoms with Crippen molar-refractivity contribution in [3.8, 4) is 0 Å². The van der Waals surface area contributed by atoms with Crippen molar-refractivity contribution in [3.63, 3.8) is 0 Å². The van der Waals surface area contributed by atoms with Crippen LogP contribution in [0.15, 0.2) is 0 Å². The molecule has 2 fully saturated rings. The van der Waals surface area contributed by atoms with Crippen LogP contribution in [0, 0.1) is 5.92 Å². The molecule has 2 rings (SSSR count). The van der Waals surface area contributed by atoms with E-state index in [0.717, 1.165) is 38.5 Å². The van der Waals surface area contributed by atoms with Gasteiger partial charge in [0.2, 0.25) is 6.41 Å². The Labute approximate surface area is 98.0 Å². The van der Waals surface area contributed by atoms with Crippen molar-refractivity contribution in [3.05, 3.63) is 0 Å². The topological polar surface area (TPSA) is 35.6 Å². The maximum absolute atomic E-state index is 10.7. The third-order valence-corrected chi connectivity index (χ3v) is 3.76. The second kappa shape index (κ2) is 6.21. The van der Waals surface area contributed by atoms with Gasteiger partial charge in [-0.1, -0.05) is 0 Å². The monoisotopic (exact) mass is 225 g/mol. The lowest BCUT2D eigenvalue weighted by Crippen LogP contribution is -2.44. The highest BCUT2D eigenvalue weighted by Gasteiger charge is 2.19. The standard InChI is InChI=1S/C12H23N3O/c16-11-15-6-1-2-12(10-15)3-7-14-8-4-13-5-9-14/h11-13H,1-10H2. The lowest BCUT2D eigenvalue weighted by atomic mass is 9.95. The van der Waals surface area contributed by atoms with E-state index in [0.29, 0.717) is 0 Å². The molecule has 16 heavy (non-hydrogen) atoms. The van der Waals surface area contributed by atoms with Crippen LogP contribution in [0.4, 0.5) is 0 Å². The van der Waals surface area contributed by atoms with Crippen molar-refractivity contribution in [1.82, 2.24) is 15.1 Å². The molecular formula is C12H23N3O. The summed E-state index contributed by atoms with van der Waals surface area (Å²) < 4.78 is 0. The molecule has 2 aliphatic rings. The summed E-state index contributed by atoms with van der Waals surface area (Å²) in [6.45, 7) is 7.78. The number of carbonyl (C=O) groups excluding carboxylic acids is 1. The van der Waals surface area contributed by atoms with E-state index >= 15 is 0 Å². The summed E-state index contributed by atoms with van der Waals surface area (Å²) in [5.74, 6) is 0.730. The first-order valence-electron chi connectivity index (χ1n) is 6.51. The average molecular weight is 225 g/mol. The first-order valence-corrected chi connectivity index (χ1v) is 6.51. The van der Waals surface area contributed by atoms with Crippen molar-refractivity contribution < 1.29 is 4.79 Å². The lowest BCUT2D eigenvalue weighted by molar-refractivity contribution is -0.119. The van der Waals surface area contributed by atoms with Crippen LogP contribution in [-0.4, -0.2) is 62.0 Å². The molecule has 0 bridgehead atoms. The number of amides is 1. The summed E-state index contributed by atoms with van der Waals surface area (Å²) in [4.78, 5) is 15.2. The zero-order valence-electron chi connectivity index (χ0n) is 10.0. The van der Waals surface area contributed by atoms with Crippen LogP contribution in [-0.2, 0) is 4.79 Å². The van der Waals surface area contributed by atoms with Crippen LogP contribution in [0.25, 0.3) is 0 Å². The maximum atomic E-state index is 10.7. The molecule has 4 nitrogen and oxygen atoms in total. The summed E-state index contributed by atoms with van der Waals surface area (Å²) in [6.07, 6.45) is 4.75. The molecule has 92 valence electrons. The predicted octanol–water partition coefficient (Wildman–Crippen LogP) is 0.150. The summed E-state index contributed by atoms with van der Waals surface area (Å²) in [5.41, 5.74) is 0. The number of likely N-dealkylation sites (tertiary alicyclic amines) is 1. The first-order chi connectivity index (χ1) is 7.88. The third-order valence-electron chi connectivity index (χ3n) is 3.76. The fourth-order valence-corrected chi connectivity index (χ4v) is 2.73.